The third kappa shape index (κ3) is 5.73. The zero-order chi connectivity index (χ0) is 28.1. The fraction of sp³-hybridized carbons (Fsp3) is 0.0909. The number of benzene rings is 4. The Morgan fingerprint density at radius 1 is 0.800 bits per heavy atom. The number of esters is 1. The third-order valence-corrected chi connectivity index (χ3v) is 6.42. The van der Waals surface area contributed by atoms with Crippen molar-refractivity contribution in [2.75, 3.05) is 12.4 Å². The topological polar surface area (TPSA) is 94.6 Å². The summed E-state index contributed by atoms with van der Waals surface area (Å²) >= 11 is 0. The molecule has 0 saturated heterocycles. The number of amides is 1. The van der Waals surface area contributed by atoms with Gasteiger partial charge in [0.1, 0.15) is 5.75 Å². The first-order valence-corrected chi connectivity index (χ1v) is 12.6. The number of fused-ring (bicyclic) bond motifs is 1. The molecule has 40 heavy (non-hydrogen) atoms. The molecule has 1 unspecified atom stereocenters. The minimum Gasteiger partial charge on any atom is -0.497 e. The molecule has 1 amide bonds. The maximum atomic E-state index is 13.7. The summed E-state index contributed by atoms with van der Waals surface area (Å²) in [5.74, 6) is -0.641. The summed E-state index contributed by atoms with van der Waals surface area (Å²) in [6.45, 7) is 1.45. The number of ether oxygens (including phenoxy) is 2. The van der Waals surface area contributed by atoms with Gasteiger partial charge in [-0.15, -0.1) is 0 Å². The van der Waals surface area contributed by atoms with Crippen molar-refractivity contribution in [1.29, 1.82) is 0 Å². The highest BCUT2D eigenvalue weighted by atomic mass is 16.5. The molecule has 0 fully saturated rings. The lowest BCUT2D eigenvalue weighted by molar-refractivity contribution is -0.125. The zero-order valence-electron chi connectivity index (χ0n) is 22.0. The lowest BCUT2D eigenvalue weighted by atomic mass is 10.0. The van der Waals surface area contributed by atoms with E-state index in [1.54, 1.807) is 67.8 Å². The van der Waals surface area contributed by atoms with E-state index in [0.29, 0.717) is 39.2 Å². The predicted molar refractivity (Wildman–Crippen MR) is 153 cm³/mol. The summed E-state index contributed by atoms with van der Waals surface area (Å²) in [6.07, 6.45) is -1.24. The Kier molecular flexibility index (Phi) is 7.64. The van der Waals surface area contributed by atoms with Gasteiger partial charge in [-0.25, -0.2) is 9.78 Å². The number of aromatic nitrogens is 1. The molecule has 7 heteroatoms. The molecule has 1 N–H and O–H groups in total. The van der Waals surface area contributed by atoms with Crippen molar-refractivity contribution in [3.63, 3.8) is 0 Å². The Morgan fingerprint density at radius 2 is 1.52 bits per heavy atom. The number of carbonyl (C=O) groups excluding carboxylic acids is 3. The highest BCUT2D eigenvalue weighted by Crippen LogP contribution is 2.29. The average Bonchev–Trinajstić information content (AvgIpc) is 2.99. The SMILES string of the molecule is COc1ccc(-c2cc(C(=O)OC(C(=O)Nc3cccc(C(C)=O)c3)c3ccccc3)c3ccccc3n2)cc1. The number of methoxy groups -OCH3 is 1. The van der Waals surface area contributed by atoms with Crippen molar-refractivity contribution in [2.45, 2.75) is 13.0 Å². The Morgan fingerprint density at radius 3 is 2.25 bits per heavy atom. The van der Waals surface area contributed by atoms with Gasteiger partial charge in [0.15, 0.2) is 5.78 Å². The van der Waals surface area contributed by atoms with E-state index in [9.17, 15) is 14.4 Å². The number of anilines is 1. The van der Waals surface area contributed by atoms with Crippen molar-refractivity contribution in [3.8, 4) is 17.0 Å². The molecular formula is C33H26N2O5. The lowest BCUT2D eigenvalue weighted by Gasteiger charge is -2.19. The minimum absolute atomic E-state index is 0.126. The van der Waals surface area contributed by atoms with Crippen molar-refractivity contribution in [1.82, 2.24) is 4.98 Å². The highest BCUT2D eigenvalue weighted by Gasteiger charge is 2.27. The van der Waals surface area contributed by atoms with Crippen molar-refractivity contribution < 1.29 is 23.9 Å². The van der Waals surface area contributed by atoms with Crippen LogP contribution < -0.4 is 10.1 Å². The molecule has 1 heterocycles. The second kappa shape index (κ2) is 11.6. The maximum absolute atomic E-state index is 13.7. The number of hydrogen-bond acceptors (Lipinski definition) is 6. The Labute approximate surface area is 231 Å². The van der Waals surface area contributed by atoms with Crippen LogP contribution in [0.2, 0.25) is 0 Å². The molecule has 0 aliphatic rings. The Balaban J connectivity index is 1.50. The average molecular weight is 531 g/mol. The Bertz CT molecular complexity index is 1700. The highest BCUT2D eigenvalue weighted by molar-refractivity contribution is 6.06. The summed E-state index contributed by atoms with van der Waals surface area (Å²) in [4.78, 5) is 43.8. The van der Waals surface area contributed by atoms with E-state index in [1.165, 1.54) is 6.92 Å². The second-order valence-corrected chi connectivity index (χ2v) is 9.12. The van der Waals surface area contributed by atoms with Crippen molar-refractivity contribution in [3.05, 3.63) is 126 Å². The van der Waals surface area contributed by atoms with E-state index in [2.05, 4.69) is 5.32 Å². The second-order valence-electron chi connectivity index (χ2n) is 9.12. The normalized spacial score (nSPS) is 11.4. The fourth-order valence-corrected chi connectivity index (χ4v) is 4.35. The van der Waals surface area contributed by atoms with Crippen LogP contribution in [0.4, 0.5) is 5.69 Å². The number of Topliss-reactive ketones (excluding diaryl/α,β-unsaturated/α-hetero) is 1. The Hall–Kier alpha value is -5.30. The molecule has 1 aromatic heterocycles. The van der Waals surface area contributed by atoms with Gasteiger partial charge in [0.25, 0.3) is 5.91 Å². The molecule has 0 spiro atoms. The number of rotatable bonds is 8. The van der Waals surface area contributed by atoms with E-state index < -0.39 is 18.0 Å². The smallest absolute Gasteiger partial charge is 0.340 e. The molecule has 7 nitrogen and oxygen atoms in total. The van der Waals surface area contributed by atoms with Crippen LogP contribution in [0, 0.1) is 0 Å². The summed E-state index contributed by atoms with van der Waals surface area (Å²) in [5, 5.41) is 3.39. The summed E-state index contributed by atoms with van der Waals surface area (Å²) in [6, 6.07) is 31.7. The molecule has 4 aromatic carbocycles. The van der Waals surface area contributed by atoms with Crippen LogP contribution in [-0.2, 0) is 9.53 Å². The third-order valence-electron chi connectivity index (χ3n) is 6.42. The van der Waals surface area contributed by atoms with Crippen molar-refractivity contribution >= 4 is 34.3 Å². The monoisotopic (exact) mass is 530 g/mol. The lowest BCUT2D eigenvalue weighted by Crippen LogP contribution is -2.26. The van der Waals surface area contributed by atoms with Gasteiger partial charge in [-0.05, 0) is 55.5 Å². The number of pyridine rings is 1. The maximum Gasteiger partial charge on any atom is 0.340 e. The van der Waals surface area contributed by atoms with Crippen LogP contribution >= 0.6 is 0 Å². The largest absolute Gasteiger partial charge is 0.497 e. The quantitative estimate of drug-likeness (QED) is 0.178. The number of para-hydroxylation sites is 1. The first-order chi connectivity index (χ1) is 19.4. The van der Waals surface area contributed by atoms with E-state index in [-0.39, 0.29) is 11.3 Å². The van der Waals surface area contributed by atoms with E-state index in [4.69, 9.17) is 14.5 Å². The number of ketones is 1. The van der Waals surface area contributed by atoms with E-state index >= 15 is 0 Å². The number of nitrogens with one attached hydrogen (secondary N) is 1. The molecule has 5 rings (SSSR count). The standard InChI is InChI=1S/C33H26N2O5/c1-21(36)24-11-8-12-25(19-24)34-32(37)31(23-9-4-3-5-10-23)40-33(38)28-20-30(22-15-17-26(39-2)18-16-22)35-29-14-7-6-13-27(28)29/h3-20,31H,1-2H3,(H,34,37). The van der Waals surface area contributed by atoms with E-state index in [0.717, 1.165) is 5.56 Å². The molecule has 0 aliphatic carbocycles. The molecule has 0 bridgehead atoms. The summed E-state index contributed by atoms with van der Waals surface area (Å²) in [5.41, 5.74) is 3.66. The van der Waals surface area contributed by atoms with Crippen molar-refractivity contribution in [2.24, 2.45) is 0 Å². The van der Waals surface area contributed by atoms with Crippen LogP contribution in [-0.4, -0.2) is 29.8 Å². The van der Waals surface area contributed by atoms with Crippen LogP contribution in [0.15, 0.2) is 109 Å². The first kappa shape index (κ1) is 26.3. The molecule has 0 saturated carbocycles. The van der Waals surface area contributed by atoms with Gasteiger partial charge in [-0.2, -0.15) is 0 Å². The molecule has 5 aromatic rings. The molecular weight excluding hydrogens is 504 g/mol. The van der Waals surface area contributed by atoms with Gasteiger partial charge >= 0.3 is 5.97 Å². The van der Waals surface area contributed by atoms with Gasteiger partial charge in [0.2, 0.25) is 6.10 Å². The molecule has 198 valence electrons. The molecule has 1 atom stereocenters. The number of carbonyl (C=O) groups is 3. The molecule has 0 aliphatic heterocycles. The van der Waals surface area contributed by atoms with Gasteiger partial charge < -0.3 is 14.8 Å². The van der Waals surface area contributed by atoms with Crippen LogP contribution in [0.5, 0.6) is 5.75 Å². The van der Waals surface area contributed by atoms with Gasteiger partial charge in [-0.1, -0.05) is 60.7 Å². The van der Waals surface area contributed by atoms with Crippen LogP contribution in [0.25, 0.3) is 22.2 Å². The number of nitrogens with zero attached hydrogens (tertiary/aromatic N) is 1. The molecule has 0 radical (unpaired) electrons. The predicted octanol–water partition coefficient (Wildman–Crippen LogP) is 6.65. The van der Waals surface area contributed by atoms with Gasteiger partial charge in [0, 0.05) is 27.8 Å². The van der Waals surface area contributed by atoms with Crippen LogP contribution in [0.3, 0.4) is 0 Å². The zero-order valence-corrected chi connectivity index (χ0v) is 22.0. The minimum atomic E-state index is -1.24. The first-order valence-electron chi connectivity index (χ1n) is 12.6. The number of hydrogen-bond donors (Lipinski definition) is 1. The van der Waals surface area contributed by atoms with Gasteiger partial charge in [0.05, 0.1) is 23.9 Å². The summed E-state index contributed by atoms with van der Waals surface area (Å²) in [7, 11) is 1.59. The van der Waals surface area contributed by atoms with E-state index in [1.807, 2.05) is 48.5 Å². The van der Waals surface area contributed by atoms with Crippen LogP contribution in [0.1, 0.15) is 39.3 Å². The van der Waals surface area contributed by atoms with Gasteiger partial charge in [-0.3, -0.25) is 9.59 Å². The fourth-order valence-electron chi connectivity index (χ4n) is 4.35. The summed E-state index contributed by atoms with van der Waals surface area (Å²) < 4.78 is 11.2.